The maximum absolute atomic E-state index is 13.4. The number of alkyl halides is 3. The lowest BCUT2D eigenvalue weighted by atomic mass is 9.78. The van der Waals surface area contributed by atoms with Gasteiger partial charge in [-0.25, -0.2) is 0 Å². The van der Waals surface area contributed by atoms with E-state index in [-0.39, 0.29) is 5.76 Å². The molecule has 1 aliphatic heterocycles. The summed E-state index contributed by atoms with van der Waals surface area (Å²) < 4.78 is 57.8. The minimum atomic E-state index is -4.54. The zero-order chi connectivity index (χ0) is 27.3. The van der Waals surface area contributed by atoms with E-state index in [4.69, 9.17) is 13.7 Å². The molecule has 0 saturated carbocycles. The number of nitrogens with zero attached hydrogens (tertiary/aromatic N) is 1. The molecule has 0 N–H and O–H groups in total. The molecular formula is C29H35BF3NO3. The Morgan fingerprint density at radius 1 is 0.865 bits per heavy atom. The highest BCUT2D eigenvalue weighted by Gasteiger charge is 2.51. The molecule has 2 aromatic carbocycles. The average molecular weight is 513 g/mol. The molecule has 3 aromatic rings. The Morgan fingerprint density at radius 3 is 1.89 bits per heavy atom. The monoisotopic (exact) mass is 513 g/mol. The van der Waals surface area contributed by atoms with Crippen LogP contribution in [0.1, 0.15) is 67.5 Å². The fraction of sp³-hybridized carbons (Fsp3) is 0.448. The molecule has 0 spiro atoms. The largest absolute Gasteiger partial charge is 0.494 e. The summed E-state index contributed by atoms with van der Waals surface area (Å²) >= 11 is 0. The Bertz CT molecular complexity index is 1230. The van der Waals surface area contributed by atoms with Gasteiger partial charge >= 0.3 is 13.3 Å². The zero-order valence-corrected chi connectivity index (χ0v) is 22.8. The molecule has 1 fully saturated rings. The molecule has 0 bridgehead atoms. The maximum atomic E-state index is 13.4. The van der Waals surface area contributed by atoms with Crippen LogP contribution < -0.4 is 10.4 Å². The SMILES string of the molecule is Cc1cc(C)c(N(C)C(Cc2ccc(B3OC(C)(C)C(C)(C)O3)cc2)c2ccc(C(F)(F)F)o2)c(C)c1. The van der Waals surface area contributed by atoms with Gasteiger partial charge in [0.05, 0.1) is 17.2 Å². The summed E-state index contributed by atoms with van der Waals surface area (Å²) in [5, 5.41) is 0. The second-order valence-corrected chi connectivity index (χ2v) is 11.1. The number of halogens is 3. The lowest BCUT2D eigenvalue weighted by molar-refractivity contribution is -0.153. The Hall–Kier alpha value is -2.71. The number of aryl methyl sites for hydroxylation is 3. The molecule has 37 heavy (non-hydrogen) atoms. The highest BCUT2D eigenvalue weighted by Crippen LogP contribution is 2.39. The first-order valence-electron chi connectivity index (χ1n) is 12.5. The van der Waals surface area contributed by atoms with Gasteiger partial charge in [0.15, 0.2) is 0 Å². The van der Waals surface area contributed by atoms with Gasteiger partial charge in [0, 0.05) is 19.2 Å². The highest BCUT2D eigenvalue weighted by atomic mass is 19.4. The second-order valence-electron chi connectivity index (χ2n) is 11.1. The minimum absolute atomic E-state index is 0.268. The summed E-state index contributed by atoms with van der Waals surface area (Å²) in [5.41, 5.74) is 5.22. The third-order valence-electron chi connectivity index (χ3n) is 7.62. The third-order valence-corrected chi connectivity index (χ3v) is 7.62. The topological polar surface area (TPSA) is 34.8 Å². The van der Waals surface area contributed by atoms with Gasteiger partial charge in [-0.2, -0.15) is 13.2 Å². The van der Waals surface area contributed by atoms with E-state index in [2.05, 4.69) is 12.1 Å². The molecule has 1 unspecified atom stereocenters. The predicted molar refractivity (Wildman–Crippen MR) is 141 cm³/mol. The van der Waals surface area contributed by atoms with Crippen LogP contribution in [0.4, 0.5) is 18.9 Å². The van der Waals surface area contributed by atoms with Crippen LogP contribution >= 0.6 is 0 Å². The van der Waals surface area contributed by atoms with Crippen molar-refractivity contribution in [3.05, 3.63) is 82.3 Å². The molecule has 198 valence electrons. The van der Waals surface area contributed by atoms with Crippen molar-refractivity contribution in [3.8, 4) is 0 Å². The minimum Gasteiger partial charge on any atom is -0.454 e. The van der Waals surface area contributed by atoms with Crippen molar-refractivity contribution in [1.29, 1.82) is 0 Å². The Labute approximate surface area is 217 Å². The summed E-state index contributed by atoms with van der Waals surface area (Å²) in [5.74, 6) is -0.724. The van der Waals surface area contributed by atoms with E-state index in [1.807, 2.05) is 84.7 Å². The van der Waals surface area contributed by atoms with Crippen LogP contribution in [0, 0.1) is 20.8 Å². The molecule has 1 aromatic heterocycles. The molecule has 8 heteroatoms. The number of benzene rings is 2. The van der Waals surface area contributed by atoms with Crippen LogP contribution in [-0.2, 0) is 21.9 Å². The normalized spacial score (nSPS) is 17.8. The quantitative estimate of drug-likeness (QED) is 0.335. The van der Waals surface area contributed by atoms with Crippen molar-refractivity contribution in [1.82, 2.24) is 0 Å². The summed E-state index contributed by atoms with van der Waals surface area (Å²) in [7, 11) is 1.43. The van der Waals surface area contributed by atoms with E-state index in [1.165, 1.54) is 6.07 Å². The second kappa shape index (κ2) is 9.55. The first-order valence-corrected chi connectivity index (χ1v) is 12.5. The van der Waals surface area contributed by atoms with Crippen LogP contribution in [0.3, 0.4) is 0 Å². The molecule has 0 aliphatic carbocycles. The van der Waals surface area contributed by atoms with Gasteiger partial charge in [-0.3, -0.25) is 0 Å². The number of hydrogen-bond donors (Lipinski definition) is 0. The van der Waals surface area contributed by atoms with E-state index in [1.54, 1.807) is 0 Å². The summed E-state index contributed by atoms with van der Waals surface area (Å²) in [6.45, 7) is 14.1. The van der Waals surface area contributed by atoms with Crippen LogP contribution in [0.5, 0.6) is 0 Å². The predicted octanol–water partition coefficient (Wildman–Crippen LogP) is 6.94. The molecule has 2 heterocycles. The van der Waals surface area contributed by atoms with Crippen LogP contribution in [0.2, 0.25) is 0 Å². The molecule has 1 aliphatic rings. The summed E-state index contributed by atoms with van der Waals surface area (Å²) in [6.07, 6.45) is -4.08. The molecular weight excluding hydrogens is 478 g/mol. The highest BCUT2D eigenvalue weighted by molar-refractivity contribution is 6.62. The lowest BCUT2D eigenvalue weighted by Crippen LogP contribution is -2.41. The van der Waals surface area contributed by atoms with E-state index < -0.39 is 36.3 Å². The van der Waals surface area contributed by atoms with Gasteiger partial charge in [0.1, 0.15) is 5.76 Å². The van der Waals surface area contributed by atoms with Gasteiger partial charge in [-0.05, 0) is 82.8 Å². The fourth-order valence-corrected chi connectivity index (χ4v) is 5.01. The Balaban J connectivity index is 1.65. The van der Waals surface area contributed by atoms with Gasteiger partial charge in [0.2, 0.25) is 5.76 Å². The molecule has 1 saturated heterocycles. The molecule has 0 radical (unpaired) electrons. The van der Waals surface area contributed by atoms with Crippen LogP contribution in [-0.4, -0.2) is 25.4 Å². The number of rotatable bonds is 6. The van der Waals surface area contributed by atoms with Crippen molar-refractivity contribution in [2.45, 2.75) is 78.3 Å². The number of anilines is 1. The fourth-order valence-electron chi connectivity index (χ4n) is 5.01. The molecule has 4 rings (SSSR count). The van der Waals surface area contributed by atoms with E-state index in [0.29, 0.717) is 6.42 Å². The molecule has 1 atom stereocenters. The van der Waals surface area contributed by atoms with Gasteiger partial charge < -0.3 is 18.6 Å². The summed E-state index contributed by atoms with van der Waals surface area (Å²) in [6, 6.07) is 14.0. The van der Waals surface area contributed by atoms with Crippen molar-refractivity contribution < 1.29 is 26.9 Å². The number of furan rings is 1. The van der Waals surface area contributed by atoms with Crippen LogP contribution in [0.25, 0.3) is 0 Å². The van der Waals surface area contributed by atoms with E-state index >= 15 is 0 Å². The van der Waals surface area contributed by atoms with Gasteiger partial charge in [-0.1, -0.05) is 42.0 Å². The van der Waals surface area contributed by atoms with Gasteiger partial charge in [-0.15, -0.1) is 0 Å². The third kappa shape index (κ3) is 5.46. The van der Waals surface area contributed by atoms with Crippen LogP contribution in [0.15, 0.2) is 52.9 Å². The van der Waals surface area contributed by atoms with E-state index in [9.17, 15) is 13.2 Å². The maximum Gasteiger partial charge on any atom is 0.494 e. The smallest absolute Gasteiger partial charge is 0.454 e. The average Bonchev–Trinajstić information content (AvgIpc) is 3.34. The Kier molecular flexibility index (Phi) is 7.06. The van der Waals surface area contributed by atoms with E-state index in [0.717, 1.165) is 39.5 Å². The summed E-state index contributed by atoms with van der Waals surface area (Å²) in [4.78, 5) is 2.02. The van der Waals surface area contributed by atoms with Crippen molar-refractivity contribution in [2.24, 2.45) is 0 Å². The first kappa shape index (κ1) is 27.3. The van der Waals surface area contributed by atoms with Crippen molar-refractivity contribution in [2.75, 3.05) is 11.9 Å². The Morgan fingerprint density at radius 2 is 1.41 bits per heavy atom. The number of likely N-dealkylation sites (N-methyl/N-ethyl adjacent to an activating group) is 1. The lowest BCUT2D eigenvalue weighted by Gasteiger charge is -2.32. The standard InChI is InChI=1S/C29H35BF3NO3/c1-18-15-19(2)26(20(3)16-18)34(8)23(24-13-14-25(35-24)29(31,32)33)17-21-9-11-22(12-10-21)30-36-27(4,5)28(6,7)37-30/h9-16,23H,17H2,1-8H3. The van der Waals surface area contributed by atoms with Crippen molar-refractivity contribution >= 4 is 18.3 Å². The molecule has 4 nitrogen and oxygen atoms in total. The number of hydrogen-bond acceptors (Lipinski definition) is 4. The van der Waals surface area contributed by atoms with Gasteiger partial charge in [0.25, 0.3) is 0 Å². The first-order chi connectivity index (χ1) is 17.1. The molecule has 0 amide bonds. The zero-order valence-electron chi connectivity index (χ0n) is 22.8. The van der Waals surface area contributed by atoms with Crippen molar-refractivity contribution in [3.63, 3.8) is 0 Å².